The van der Waals surface area contributed by atoms with E-state index < -0.39 is 49.0 Å². The fourth-order valence-electron chi connectivity index (χ4n) is 10.9. The Morgan fingerprint density at radius 3 is 2.08 bits per heavy atom. The minimum atomic E-state index is -3.86. The van der Waals surface area contributed by atoms with Gasteiger partial charge in [-0.3, -0.25) is 0 Å². The van der Waals surface area contributed by atoms with Crippen LogP contribution in [-0.2, 0) is 28.2 Å². The smallest absolute Gasteiger partial charge is 0.192 e. The van der Waals surface area contributed by atoms with Crippen molar-refractivity contribution in [3.8, 4) is 0 Å². The van der Waals surface area contributed by atoms with Gasteiger partial charge in [-0.05, 0) is 147 Å². The molecule has 1 aromatic carbocycles. The summed E-state index contributed by atoms with van der Waals surface area (Å²) in [6, 6.07) is 8.74. The van der Waals surface area contributed by atoms with Crippen LogP contribution in [0.2, 0.25) is 36.3 Å². The van der Waals surface area contributed by atoms with Gasteiger partial charge < -0.3 is 23.4 Å². The molecule has 0 amide bonds. The predicted octanol–water partition coefficient (Wildman–Crippen LogP) is 12.0. The SMILES string of the molecule is C=C1C(=CC=C2CCC[C@]3(C)[C@@H]([C@H](C)C(O)C(CC4(C5(C)OCCO5)CC4)S(=O)(=O)c4ccccc4)CC[C@@H]23)C[C@@H](O[Si](C)(C)C(C)(C)C)C[C@@H]1O[Si](C)(C)C(C)(C)C. The van der Waals surface area contributed by atoms with Gasteiger partial charge in [-0.2, -0.15) is 0 Å². The second-order valence-corrected chi connectivity index (χ2v) is 34.4. The zero-order chi connectivity index (χ0) is 43.6. The van der Waals surface area contributed by atoms with Crippen LogP contribution in [0.1, 0.15) is 127 Å². The number of rotatable bonds is 13. The quantitative estimate of drug-likeness (QED) is 0.197. The molecule has 0 radical (unpaired) electrons. The average molecular weight is 869 g/mol. The zero-order valence-electron chi connectivity index (χ0n) is 39.1. The maximum atomic E-state index is 14.6. The van der Waals surface area contributed by atoms with Crippen molar-refractivity contribution in [1.82, 2.24) is 0 Å². The van der Waals surface area contributed by atoms with E-state index in [2.05, 4.69) is 93.7 Å². The molecule has 0 aromatic heterocycles. The van der Waals surface area contributed by atoms with E-state index in [1.54, 1.807) is 24.3 Å². The van der Waals surface area contributed by atoms with Crippen molar-refractivity contribution >= 4 is 26.5 Å². The number of fused-ring (bicyclic) bond motifs is 1. The molecule has 2 unspecified atom stereocenters. The highest BCUT2D eigenvalue weighted by atomic mass is 32.2. The van der Waals surface area contributed by atoms with Crippen LogP contribution in [0.3, 0.4) is 0 Å². The Hall–Kier alpha value is -1.38. The number of sulfone groups is 1. The minimum absolute atomic E-state index is 0.0451. The van der Waals surface area contributed by atoms with Gasteiger partial charge in [-0.25, -0.2) is 8.42 Å². The highest BCUT2D eigenvalue weighted by Crippen LogP contribution is 2.63. The summed E-state index contributed by atoms with van der Waals surface area (Å²) < 4.78 is 55.8. The maximum absolute atomic E-state index is 14.6. The lowest BCUT2D eigenvalue weighted by molar-refractivity contribution is -0.195. The molecule has 59 heavy (non-hydrogen) atoms. The standard InChI is InChI=1S/C49H80O7SSi2/c1-34-37(31-38(55-58(11,12)45(3,4)5)32-42(34)56-59(13,14)46(6,7)8)23-22-36-19-18-26-47(9)40(24-25-41(36)47)35(2)44(50)43(57(51,52)39-20-16-15-17-21-39)33-49(27-28-49)48(10)53-29-30-54-48/h15-17,20-23,35,38,40-44,50H,1,18-19,24-33H2,2-14H3/t35-,38+,40+,41-,42-,43?,44?,47+/m0/s1. The van der Waals surface area contributed by atoms with Gasteiger partial charge in [0.05, 0.1) is 41.7 Å². The van der Waals surface area contributed by atoms with Crippen LogP contribution < -0.4 is 0 Å². The van der Waals surface area contributed by atoms with Crippen molar-refractivity contribution in [3.05, 3.63) is 65.8 Å². The Labute approximate surface area is 361 Å². The molecule has 332 valence electrons. The molecule has 1 N–H and O–H groups in total. The van der Waals surface area contributed by atoms with Gasteiger partial charge in [0.25, 0.3) is 0 Å². The van der Waals surface area contributed by atoms with Crippen LogP contribution in [0.5, 0.6) is 0 Å². The van der Waals surface area contributed by atoms with E-state index in [4.69, 9.17) is 24.9 Å². The molecule has 8 atom stereocenters. The summed E-state index contributed by atoms with van der Waals surface area (Å²) in [5.41, 5.74) is 3.35. The number of hydrogen-bond donors (Lipinski definition) is 1. The number of aliphatic hydroxyl groups excluding tert-OH is 1. The van der Waals surface area contributed by atoms with Crippen LogP contribution in [0.15, 0.2) is 70.7 Å². The first kappa shape index (κ1) is 47.1. The van der Waals surface area contributed by atoms with E-state index in [1.807, 2.05) is 13.0 Å². The summed E-state index contributed by atoms with van der Waals surface area (Å²) in [7, 11) is -7.97. The molecular formula is C49H80O7SSi2. The molecule has 4 saturated carbocycles. The van der Waals surface area contributed by atoms with E-state index in [0.29, 0.717) is 25.6 Å². The van der Waals surface area contributed by atoms with Crippen molar-refractivity contribution in [2.45, 2.75) is 197 Å². The largest absolute Gasteiger partial charge is 0.413 e. The van der Waals surface area contributed by atoms with Gasteiger partial charge in [-0.15, -0.1) is 0 Å². The fourth-order valence-corrected chi connectivity index (χ4v) is 15.6. The monoisotopic (exact) mass is 869 g/mol. The van der Waals surface area contributed by atoms with Gasteiger partial charge in [0.15, 0.2) is 32.3 Å². The predicted molar refractivity (Wildman–Crippen MR) is 246 cm³/mol. The summed E-state index contributed by atoms with van der Waals surface area (Å²) in [5.74, 6) is -0.479. The lowest BCUT2D eigenvalue weighted by Gasteiger charge is -2.46. The number of allylic oxidation sites excluding steroid dienone is 3. The Balaban J connectivity index is 1.27. The van der Waals surface area contributed by atoms with Crippen LogP contribution in [0.4, 0.5) is 0 Å². The Morgan fingerprint density at radius 1 is 0.915 bits per heavy atom. The summed E-state index contributed by atoms with van der Waals surface area (Å²) >= 11 is 0. The molecule has 5 aliphatic rings. The third kappa shape index (κ3) is 9.19. The summed E-state index contributed by atoms with van der Waals surface area (Å²) in [4.78, 5) is 0.273. The van der Waals surface area contributed by atoms with Crippen LogP contribution in [0.25, 0.3) is 0 Å². The second-order valence-electron chi connectivity index (χ2n) is 22.7. The number of ether oxygens (including phenoxy) is 2. The minimum Gasteiger partial charge on any atom is -0.413 e. The number of aliphatic hydroxyl groups is 1. The lowest BCUT2D eigenvalue weighted by Crippen LogP contribution is -2.49. The van der Waals surface area contributed by atoms with E-state index >= 15 is 0 Å². The third-order valence-corrected chi connectivity index (χ3v) is 28.2. The van der Waals surface area contributed by atoms with Crippen LogP contribution >= 0.6 is 0 Å². The van der Waals surface area contributed by atoms with E-state index in [0.717, 1.165) is 63.4 Å². The number of hydrogen-bond acceptors (Lipinski definition) is 7. The first-order valence-electron chi connectivity index (χ1n) is 22.9. The van der Waals surface area contributed by atoms with Gasteiger partial charge in [0, 0.05) is 11.8 Å². The van der Waals surface area contributed by atoms with Crippen molar-refractivity contribution in [2.24, 2.45) is 28.6 Å². The van der Waals surface area contributed by atoms with Gasteiger partial charge in [0.2, 0.25) is 0 Å². The molecule has 0 spiro atoms. The third-order valence-electron chi connectivity index (χ3n) is 17.0. The molecule has 1 aliphatic heterocycles. The van der Waals surface area contributed by atoms with Crippen LogP contribution in [-0.4, -0.2) is 72.7 Å². The molecule has 4 aliphatic carbocycles. The summed E-state index contributed by atoms with van der Waals surface area (Å²) in [6.45, 7) is 35.5. The van der Waals surface area contributed by atoms with Gasteiger partial charge in [-0.1, -0.05) is 97.9 Å². The van der Waals surface area contributed by atoms with Gasteiger partial charge >= 0.3 is 0 Å². The van der Waals surface area contributed by atoms with Crippen molar-refractivity contribution in [3.63, 3.8) is 0 Å². The zero-order valence-corrected chi connectivity index (χ0v) is 41.9. The summed E-state index contributed by atoms with van der Waals surface area (Å²) in [6.07, 6.45) is 12.6. The van der Waals surface area contributed by atoms with E-state index in [9.17, 15) is 13.5 Å². The molecule has 5 fully saturated rings. The first-order valence-corrected chi connectivity index (χ1v) is 30.2. The lowest BCUT2D eigenvalue weighted by atomic mass is 9.60. The molecule has 10 heteroatoms. The van der Waals surface area contributed by atoms with E-state index in [-0.39, 0.29) is 44.4 Å². The molecule has 0 bridgehead atoms. The highest BCUT2D eigenvalue weighted by Gasteiger charge is 2.63. The second kappa shape index (κ2) is 16.6. The maximum Gasteiger partial charge on any atom is 0.192 e. The molecule has 1 saturated heterocycles. The Kier molecular flexibility index (Phi) is 13.3. The average Bonchev–Trinajstić information content (AvgIpc) is 3.67. The molecule has 6 rings (SSSR count). The molecular weight excluding hydrogens is 789 g/mol. The molecule has 1 heterocycles. The molecule has 1 aromatic rings. The van der Waals surface area contributed by atoms with Crippen molar-refractivity contribution < 1.29 is 31.9 Å². The van der Waals surface area contributed by atoms with Crippen molar-refractivity contribution in [2.75, 3.05) is 13.2 Å². The number of benzene rings is 1. The molecule has 7 nitrogen and oxygen atoms in total. The van der Waals surface area contributed by atoms with Crippen LogP contribution in [0, 0.1) is 28.6 Å². The fraction of sp³-hybridized carbons (Fsp3) is 0.755. The topological polar surface area (TPSA) is 91.3 Å². The normalized spacial score (nSPS) is 31.9. The Morgan fingerprint density at radius 2 is 1.51 bits per heavy atom. The first-order chi connectivity index (χ1) is 27.2. The highest BCUT2D eigenvalue weighted by molar-refractivity contribution is 7.92. The summed E-state index contributed by atoms with van der Waals surface area (Å²) in [5, 5.41) is 11.8. The van der Waals surface area contributed by atoms with Crippen molar-refractivity contribution in [1.29, 1.82) is 0 Å². The Bertz CT molecular complexity index is 1850. The van der Waals surface area contributed by atoms with E-state index in [1.165, 1.54) is 11.1 Å². The van der Waals surface area contributed by atoms with Gasteiger partial charge in [0.1, 0.15) is 0 Å².